The lowest BCUT2D eigenvalue weighted by Gasteiger charge is -2.02. The van der Waals surface area contributed by atoms with Crippen LogP contribution in [0.1, 0.15) is 18.7 Å². The van der Waals surface area contributed by atoms with E-state index >= 15 is 0 Å². The van der Waals surface area contributed by atoms with E-state index in [0.29, 0.717) is 0 Å². The lowest BCUT2D eigenvalue weighted by atomic mass is 10.3. The minimum absolute atomic E-state index is 0.101. The second-order valence-electron chi connectivity index (χ2n) is 1.72. The predicted molar refractivity (Wildman–Crippen MR) is 35.6 cm³/mol. The highest BCUT2D eigenvalue weighted by atomic mass is 32.1. The smallest absolute Gasteiger partial charge is 0.0922 e. The van der Waals surface area contributed by atoms with Gasteiger partial charge in [0.15, 0.2) is 0 Å². The van der Waals surface area contributed by atoms with Crippen molar-refractivity contribution in [3.63, 3.8) is 0 Å². The Kier molecular flexibility index (Phi) is 2.10. The summed E-state index contributed by atoms with van der Waals surface area (Å²) in [6, 6.07) is 0.101. The van der Waals surface area contributed by atoms with Gasteiger partial charge in [0.25, 0.3) is 0 Å². The molecule has 0 fully saturated rings. The van der Waals surface area contributed by atoms with Gasteiger partial charge in [-0.25, -0.2) is 0 Å². The van der Waals surface area contributed by atoms with Gasteiger partial charge in [-0.2, -0.15) is 8.75 Å². The summed E-state index contributed by atoms with van der Waals surface area (Å²) < 4.78 is 7.80. The average Bonchev–Trinajstić information content (AvgIpc) is 2.37. The molecule has 1 rings (SSSR count). The summed E-state index contributed by atoms with van der Waals surface area (Å²) in [5.74, 6) is 5.15. The second kappa shape index (κ2) is 2.86. The fourth-order valence-corrected chi connectivity index (χ4v) is 0.950. The van der Waals surface area contributed by atoms with Gasteiger partial charge in [0.1, 0.15) is 0 Å². The number of hydrogen-bond donors (Lipinski definition) is 2. The lowest BCUT2D eigenvalue weighted by molar-refractivity contribution is 0.591. The normalized spacial score (nSPS) is 13.6. The van der Waals surface area contributed by atoms with E-state index in [-0.39, 0.29) is 6.04 Å². The van der Waals surface area contributed by atoms with Crippen LogP contribution in [0.4, 0.5) is 0 Å². The molecule has 0 spiro atoms. The summed E-state index contributed by atoms with van der Waals surface area (Å²) >= 11 is 1.19. The third-order valence-corrected chi connectivity index (χ3v) is 1.56. The lowest BCUT2D eigenvalue weighted by Crippen LogP contribution is -2.25. The Morgan fingerprint density at radius 3 is 3.11 bits per heavy atom. The number of aromatic nitrogens is 2. The maximum absolute atomic E-state index is 5.15. The molecule has 1 heterocycles. The molecule has 3 N–H and O–H groups in total. The molecule has 50 valence electrons. The molecule has 0 aliphatic carbocycles. The van der Waals surface area contributed by atoms with E-state index in [1.54, 1.807) is 6.20 Å². The molecule has 0 amide bonds. The fourth-order valence-electron chi connectivity index (χ4n) is 0.448. The monoisotopic (exact) mass is 144 g/mol. The molecule has 1 atom stereocenters. The molecule has 9 heavy (non-hydrogen) atoms. The summed E-state index contributed by atoms with van der Waals surface area (Å²) in [5.41, 5.74) is 3.46. The largest absolute Gasteiger partial charge is 0.271 e. The van der Waals surface area contributed by atoms with Gasteiger partial charge in [-0.05, 0) is 6.92 Å². The van der Waals surface area contributed by atoms with Crippen molar-refractivity contribution in [1.82, 2.24) is 14.2 Å². The molecule has 0 radical (unpaired) electrons. The Labute approximate surface area is 57.4 Å². The van der Waals surface area contributed by atoms with Crippen molar-refractivity contribution in [3.8, 4) is 0 Å². The highest BCUT2D eigenvalue weighted by molar-refractivity contribution is 6.99. The van der Waals surface area contributed by atoms with Crippen LogP contribution >= 0.6 is 11.7 Å². The maximum Gasteiger partial charge on any atom is 0.0922 e. The minimum atomic E-state index is 0.101. The Hall–Kier alpha value is -0.520. The van der Waals surface area contributed by atoms with Crippen LogP contribution in [-0.4, -0.2) is 8.75 Å². The maximum atomic E-state index is 5.15. The second-order valence-corrected chi connectivity index (χ2v) is 2.28. The Balaban J connectivity index is 2.65. The molecule has 0 aliphatic rings. The van der Waals surface area contributed by atoms with Gasteiger partial charge in [0.05, 0.1) is 29.7 Å². The number of rotatable bonds is 2. The van der Waals surface area contributed by atoms with Crippen LogP contribution in [0.25, 0.3) is 0 Å². The van der Waals surface area contributed by atoms with Crippen LogP contribution in [-0.2, 0) is 0 Å². The molecule has 0 saturated carbocycles. The van der Waals surface area contributed by atoms with Gasteiger partial charge in [0, 0.05) is 0 Å². The van der Waals surface area contributed by atoms with E-state index in [1.165, 1.54) is 11.7 Å². The molecule has 1 aromatic rings. The van der Waals surface area contributed by atoms with Crippen molar-refractivity contribution in [3.05, 3.63) is 11.9 Å². The molecule has 0 aromatic carbocycles. The summed E-state index contributed by atoms with van der Waals surface area (Å²) in [5, 5.41) is 0. The molecule has 1 unspecified atom stereocenters. The van der Waals surface area contributed by atoms with Gasteiger partial charge >= 0.3 is 0 Å². The first-order chi connectivity index (χ1) is 4.34. The standard InChI is InChI=1S/C4H8N4S/c1-3(7-5)4-2-6-9-8-4/h2-3,7H,5H2,1H3. The van der Waals surface area contributed by atoms with Crippen LogP contribution in [0.15, 0.2) is 6.20 Å². The molecule has 0 bridgehead atoms. The molecule has 1 aromatic heterocycles. The van der Waals surface area contributed by atoms with Crippen molar-refractivity contribution >= 4 is 11.7 Å². The van der Waals surface area contributed by atoms with E-state index in [2.05, 4.69) is 14.2 Å². The predicted octanol–water partition coefficient (Wildman–Crippen LogP) is 0.0624. The van der Waals surface area contributed by atoms with E-state index in [4.69, 9.17) is 5.84 Å². The fraction of sp³-hybridized carbons (Fsp3) is 0.500. The van der Waals surface area contributed by atoms with Crippen molar-refractivity contribution < 1.29 is 0 Å². The molecule has 0 aliphatic heterocycles. The average molecular weight is 144 g/mol. The Morgan fingerprint density at radius 1 is 1.89 bits per heavy atom. The molecule has 0 saturated heterocycles. The van der Waals surface area contributed by atoms with E-state index in [1.807, 2.05) is 6.92 Å². The van der Waals surface area contributed by atoms with Crippen LogP contribution in [0.2, 0.25) is 0 Å². The SMILES string of the molecule is CC(NN)c1cnsn1. The topological polar surface area (TPSA) is 63.8 Å². The molecule has 5 heteroatoms. The van der Waals surface area contributed by atoms with Crippen molar-refractivity contribution in [2.24, 2.45) is 5.84 Å². The molecular weight excluding hydrogens is 136 g/mol. The van der Waals surface area contributed by atoms with E-state index < -0.39 is 0 Å². The summed E-state index contributed by atoms with van der Waals surface area (Å²) in [6.07, 6.45) is 1.70. The van der Waals surface area contributed by atoms with Gasteiger partial charge in [-0.1, -0.05) is 0 Å². The zero-order valence-corrected chi connectivity index (χ0v) is 5.85. The van der Waals surface area contributed by atoms with Crippen molar-refractivity contribution in [1.29, 1.82) is 0 Å². The zero-order chi connectivity index (χ0) is 6.69. The number of nitrogens with one attached hydrogen (secondary N) is 1. The quantitative estimate of drug-likeness (QED) is 0.455. The summed E-state index contributed by atoms with van der Waals surface area (Å²) in [4.78, 5) is 0. The highest BCUT2D eigenvalue weighted by Gasteiger charge is 2.03. The third-order valence-electron chi connectivity index (χ3n) is 1.07. The van der Waals surface area contributed by atoms with Gasteiger partial charge in [-0.3, -0.25) is 11.3 Å². The number of nitrogens with two attached hydrogens (primary N) is 1. The third kappa shape index (κ3) is 1.44. The number of hydrogen-bond acceptors (Lipinski definition) is 5. The first-order valence-electron chi connectivity index (χ1n) is 2.58. The van der Waals surface area contributed by atoms with E-state index in [0.717, 1.165) is 5.69 Å². The highest BCUT2D eigenvalue weighted by Crippen LogP contribution is 2.06. The zero-order valence-electron chi connectivity index (χ0n) is 5.03. The molecular formula is C4H8N4S. The van der Waals surface area contributed by atoms with Crippen molar-refractivity contribution in [2.45, 2.75) is 13.0 Å². The van der Waals surface area contributed by atoms with Crippen LogP contribution < -0.4 is 11.3 Å². The Morgan fingerprint density at radius 2 is 2.67 bits per heavy atom. The first-order valence-corrected chi connectivity index (χ1v) is 3.31. The van der Waals surface area contributed by atoms with Crippen molar-refractivity contribution in [2.75, 3.05) is 0 Å². The summed E-state index contributed by atoms with van der Waals surface area (Å²) in [6.45, 7) is 1.93. The van der Waals surface area contributed by atoms with Gasteiger partial charge < -0.3 is 0 Å². The number of nitrogens with zero attached hydrogens (tertiary/aromatic N) is 2. The first kappa shape index (κ1) is 6.60. The summed E-state index contributed by atoms with van der Waals surface area (Å²) in [7, 11) is 0. The van der Waals surface area contributed by atoms with Crippen LogP contribution in [0, 0.1) is 0 Å². The Bertz CT molecular complexity index is 161. The van der Waals surface area contributed by atoms with Gasteiger partial charge in [0.2, 0.25) is 0 Å². The van der Waals surface area contributed by atoms with Crippen LogP contribution in [0.3, 0.4) is 0 Å². The van der Waals surface area contributed by atoms with E-state index in [9.17, 15) is 0 Å². The minimum Gasteiger partial charge on any atom is -0.271 e. The molecule has 4 nitrogen and oxygen atoms in total. The van der Waals surface area contributed by atoms with Gasteiger partial charge in [-0.15, -0.1) is 0 Å². The van der Waals surface area contributed by atoms with Crippen LogP contribution in [0.5, 0.6) is 0 Å². The number of hydrazine groups is 1.